The fourth-order valence-electron chi connectivity index (χ4n) is 2.21. The Morgan fingerprint density at radius 2 is 2.23 bits per heavy atom. The number of aryl methyl sites for hydroxylation is 2. The number of nitrogens with zero attached hydrogens (tertiary/aromatic N) is 3. The van der Waals surface area contributed by atoms with E-state index >= 15 is 0 Å². The fraction of sp³-hybridized carbons (Fsp3) is 0.267. The third-order valence-electron chi connectivity index (χ3n) is 3.30. The van der Waals surface area contributed by atoms with Crippen LogP contribution in [0.3, 0.4) is 0 Å². The van der Waals surface area contributed by atoms with Crippen molar-refractivity contribution < 1.29 is 4.79 Å². The SMILES string of the molecule is Cc1ccc2nc(C(=O)NCCCc3csc(N)n3)cn2c1. The lowest BCUT2D eigenvalue weighted by atomic mass is 10.2. The van der Waals surface area contributed by atoms with Crippen LogP contribution in [0, 0.1) is 6.92 Å². The number of imidazole rings is 1. The highest BCUT2D eigenvalue weighted by Gasteiger charge is 2.10. The molecule has 3 rings (SSSR count). The average Bonchev–Trinajstić information content (AvgIpc) is 3.09. The molecular weight excluding hydrogens is 298 g/mol. The number of pyridine rings is 1. The van der Waals surface area contributed by atoms with E-state index in [0.717, 1.165) is 29.7 Å². The van der Waals surface area contributed by atoms with Crippen LogP contribution in [0.1, 0.15) is 28.2 Å². The van der Waals surface area contributed by atoms with Gasteiger partial charge in [-0.3, -0.25) is 4.79 Å². The zero-order valence-corrected chi connectivity index (χ0v) is 13.1. The van der Waals surface area contributed by atoms with Gasteiger partial charge in [0.25, 0.3) is 5.91 Å². The first-order valence-corrected chi connectivity index (χ1v) is 7.93. The average molecular weight is 315 g/mol. The second kappa shape index (κ2) is 6.15. The Labute approximate surface area is 132 Å². The number of hydrogen-bond donors (Lipinski definition) is 2. The van der Waals surface area contributed by atoms with Crippen molar-refractivity contribution in [2.75, 3.05) is 12.3 Å². The van der Waals surface area contributed by atoms with Crippen LogP contribution < -0.4 is 11.1 Å². The summed E-state index contributed by atoms with van der Waals surface area (Å²) in [5.74, 6) is -0.154. The lowest BCUT2D eigenvalue weighted by molar-refractivity contribution is 0.0949. The van der Waals surface area contributed by atoms with Crippen LogP contribution in [0.4, 0.5) is 5.13 Å². The number of amides is 1. The van der Waals surface area contributed by atoms with Crippen LogP contribution in [0.25, 0.3) is 5.65 Å². The van der Waals surface area contributed by atoms with Crippen LogP contribution in [0.15, 0.2) is 29.9 Å². The van der Waals surface area contributed by atoms with Gasteiger partial charge in [0.2, 0.25) is 0 Å². The number of nitrogens with one attached hydrogen (secondary N) is 1. The molecule has 1 amide bonds. The lowest BCUT2D eigenvalue weighted by Crippen LogP contribution is -2.25. The third-order valence-corrected chi connectivity index (χ3v) is 4.02. The molecule has 0 fully saturated rings. The highest BCUT2D eigenvalue weighted by atomic mass is 32.1. The van der Waals surface area contributed by atoms with Crippen molar-refractivity contribution in [3.63, 3.8) is 0 Å². The van der Waals surface area contributed by atoms with Crippen molar-refractivity contribution in [1.29, 1.82) is 0 Å². The second-order valence-electron chi connectivity index (χ2n) is 5.13. The van der Waals surface area contributed by atoms with E-state index in [0.29, 0.717) is 17.4 Å². The summed E-state index contributed by atoms with van der Waals surface area (Å²) in [5, 5.41) is 5.41. The minimum absolute atomic E-state index is 0.154. The summed E-state index contributed by atoms with van der Waals surface area (Å²) in [6.07, 6.45) is 5.32. The number of carbonyl (C=O) groups excluding carboxylic acids is 1. The molecule has 0 atom stereocenters. The molecule has 0 unspecified atom stereocenters. The number of hydrogen-bond acceptors (Lipinski definition) is 5. The van der Waals surface area contributed by atoms with Gasteiger partial charge in [-0.25, -0.2) is 9.97 Å². The van der Waals surface area contributed by atoms with Gasteiger partial charge in [-0.2, -0.15) is 0 Å². The Morgan fingerprint density at radius 1 is 1.36 bits per heavy atom. The van der Waals surface area contributed by atoms with Crippen LogP contribution in [-0.2, 0) is 6.42 Å². The van der Waals surface area contributed by atoms with Gasteiger partial charge in [0.15, 0.2) is 5.13 Å². The Hall–Kier alpha value is -2.41. The summed E-state index contributed by atoms with van der Waals surface area (Å²) in [4.78, 5) is 20.6. The first-order valence-electron chi connectivity index (χ1n) is 7.05. The van der Waals surface area contributed by atoms with E-state index in [-0.39, 0.29) is 5.91 Å². The maximum absolute atomic E-state index is 12.1. The molecule has 0 aliphatic carbocycles. The van der Waals surface area contributed by atoms with Gasteiger partial charge in [0.1, 0.15) is 11.3 Å². The maximum atomic E-state index is 12.1. The van der Waals surface area contributed by atoms with E-state index in [4.69, 9.17) is 5.73 Å². The lowest BCUT2D eigenvalue weighted by Gasteiger charge is -2.01. The molecule has 0 saturated carbocycles. The molecule has 0 aliphatic heterocycles. The Kier molecular flexibility index (Phi) is 4.06. The third kappa shape index (κ3) is 3.25. The molecule has 6 nitrogen and oxygen atoms in total. The molecule has 3 aromatic heterocycles. The fourth-order valence-corrected chi connectivity index (χ4v) is 2.81. The number of thiazole rings is 1. The van der Waals surface area contributed by atoms with Gasteiger partial charge in [-0.1, -0.05) is 6.07 Å². The van der Waals surface area contributed by atoms with Gasteiger partial charge in [-0.15, -0.1) is 11.3 Å². The zero-order chi connectivity index (χ0) is 15.5. The molecule has 0 aliphatic rings. The summed E-state index contributed by atoms with van der Waals surface area (Å²) >= 11 is 1.44. The predicted molar refractivity (Wildman–Crippen MR) is 87.1 cm³/mol. The topological polar surface area (TPSA) is 85.3 Å². The van der Waals surface area contributed by atoms with E-state index in [1.807, 2.05) is 35.0 Å². The normalized spacial score (nSPS) is 11.0. The van der Waals surface area contributed by atoms with Crippen molar-refractivity contribution in [1.82, 2.24) is 19.7 Å². The van der Waals surface area contributed by atoms with E-state index in [2.05, 4.69) is 15.3 Å². The number of fused-ring (bicyclic) bond motifs is 1. The molecule has 3 N–H and O–H groups in total. The molecule has 7 heteroatoms. The zero-order valence-electron chi connectivity index (χ0n) is 12.2. The molecule has 0 radical (unpaired) electrons. The molecule has 114 valence electrons. The van der Waals surface area contributed by atoms with Crippen LogP contribution in [-0.4, -0.2) is 26.8 Å². The standard InChI is InChI=1S/C15H17N5OS/c1-10-4-5-13-19-12(8-20(13)7-10)14(21)17-6-2-3-11-9-22-15(16)18-11/h4-5,7-9H,2-3,6H2,1H3,(H2,16,18)(H,17,21). The van der Waals surface area contributed by atoms with Crippen LogP contribution in [0.5, 0.6) is 0 Å². The molecule has 22 heavy (non-hydrogen) atoms. The van der Waals surface area contributed by atoms with E-state index in [9.17, 15) is 4.79 Å². The van der Waals surface area contributed by atoms with Crippen molar-refractivity contribution in [3.8, 4) is 0 Å². The van der Waals surface area contributed by atoms with Crippen molar-refractivity contribution >= 4 is 28.0 Å². The number of aromatic nitrogens is 3. The van der Waals surface area contributed by atoms with Crippen molar-refractivity contribution in [2.45, 2.75) is 19.8 Å². The number of nitrogens with two attached hydrogens (primary N) is 1. The van der Waals surface area contributed by atoms with Crippen LogP contribution >= 0.6 is 11.3 Å². The van der Waals surface area contributed by atoms with E-state index in [1.165, 1.54) is 11.3 Å². The van der Waals surface area contributed by atoms with Gasteiger partial charge in [0.05, 0.1) is 5.69 Å². The number of carbonyl (C=O) groups is 1. The molecule has 0 aromatic carbocycles. The van der Waals surface area contributed by atoms with Gasteiger partial charge in [0, 0.05) is 24.3 Å². The molecule has 3 aromatic rings. The van der Waals surface area contributed by atoms with Gasteiger partial charge < -0.3 is 15.5 Å². The first kappa shape index (κ1) is 14.5. The summed E-state index contributed by atoms with van der Waals surface area (Å²) < 4.78 is 1.86. The largest absolute Gasteiger partial charge is 0.375 e. The number of nitrogen functional groups attached to an aromatic ring is 1. The number of rotatable bonds is 5. The Bertz CT molecular complexity index is 807. The Morgan fingerprint density at radius 3 is 3.00 bits per heavy atom. The summed E-state index contributed by atoms with van der Waals surface area (Å²) in [6.45, 7) is 2.59. The molecule has 0 saturated heterocycles. The monoisotopic (exact) mass is 315 g/mol. The van der Waals surface area contributed by atoms with E-state index < -0.39 is 0 Å². The van der Waals surface area contributed by atoms with Crippen molar-refractivity contribution in [2.24, 2.45) is 0 Å². The van der Waals surface area contributed by atoms with E-state index in [1.54, 1.807) is 6.20 Å². The maximum Gasteiger partial charge on any atom is 0.271 e. The number of anilines is 1. The first-order chi connectivity index (χ1) is 10.6. The second-order valence-corrected chi connectivity index (χ2v) is 6.02. The summed E-state index contributed by atoms with van der Waals surface area (Å²) in [7, 11) is 0. The smallest absolute Gasteiger partial charge is 0.271 e. The predicted octanol–water partition coefficient (Wildman–Crippen LogP) is 2.04. The van der Waals surface area contributed by atoms with Crippen molar-refractivity contribution in [3.05, 3.63) is 46.9 Å². The molecule has 0 spiro atoms. The minimum atomic E-state index is -0.154. The molecular formula is C15H17N5OS. The molecule has 0 bridgehead atoms. The van der Waals surface area contributed by atoms with Crippen LogP contribution in [0.2, 0.25) is 0 Å². The van der Waals surface area contributed by atoms with Gasteiger partial charge >= 0.3 is 0 Å². The minimum Gasteiger partial charge on any atom is -0.375 e. The highest BCUT2D eigenvalue weighted by molar-refractivity contribution is 7.13. The summed E-state index contributed by atoms with van der Waals surface area (Å²) in [6, 6.07) is 3.88. The quantitative estimate of drug-likeness (QED) is 0.706. The molecule has 3 heterocycles. The van der Waals surface area contributed by atoms with Gasteiger partial charge in [-0.05, 0) is 31.4 Å². The Balaban J connectivity index is 1.54. The highest BCUT2D eigenvalue weighted by Crippen LogP contribution is 2.12. The summed E-state index contributed by atoms with van der Waals surface area (Å²) in [5.41, 5.74) is 8.88.